The van der Waals surface area contributed by atoms with Crippen molar-refractivity contribution in [3.63, 3.8) is 0 Å². The van der Waals surface area contributed by atoms with Crippen LogP contribution in [0.15, 0.2) is 66.7 Å². The molecule has 0 aliphatic rings. The summed E-state index contributed by atoms with van der Waals surface area (Å²) in [6.45, 7) is 5.13. The van der Waals surface area contributed by atoms with Crippen LogP contribution in [-0.4, -0.2) is 41.4 Å². The predicted molar refractivity (Wildman–Crippen MR) is 112 cm³/mol. The van der Waals surface area contributed by atoms with Gasteiger partial charge in [0.05, 0.1) is 7.11 Å². The highest BCUT2D eigenvalue weighted by Gasteiger charge is 2.49. The standard InChI is InChI=1S/C23H27NO5/c1-22(2,3)29-20(25)19(24-18-13-9-6-10-14-18)23(27,21(26)28-4)16-15-17-11-7-5-8-12-17/h5-16,19,24,27H,1-4H3/b16-15+/t19-,23+/m0/s1. The smallest absolute Gasteiger partial charge is 0.344 e. The van der Waals surface area contributed by atoms with Gasteiger partial charge in [0.1, 0.15) is 5.60 Å². The van der Waals surface area contributed by atoms with Gasteiger partial charge >= 0.3 is 11.9 Å². The quantitative estimate of drug-likeness (QED) is 0.697. The summed E-state index contributed by atoms with van der Waals surface area (Å²) in [6.07, 6.45) is 2.81. The molecule has 0 aliphatic carbocycles. The fraction of sp³-hybridized carbons (Fsp3) is 0.304. The molecule has 0 radical (unpaired) electrons. The molecule has 2 N–H and O–H groups in total. The number of hydrogen-bond donors (Lipinski definition) is 2. The number of para-hydroxylation sites is 1. The van der Waals surface area contributed by atoms with Gasteiger partial charge in [0.25, 0.3) is 0 Å². The Morgan fingerprint density at radius 1 is 1.00 bits per heavy atom. The number of methoxy groups -OCH3 is 1. The number of anilines is 1. The molecule has 2 aromatic carbocycles. The number of aliphatic hydroxyl groups is 1. The SMILES string of the molecule is COC(=O)[C@@](O)(/C=C/c1ccccc1)[C@@H](Nc1ccccc1)C(=O)OC(C)(C)C. The van der Waals surface area contributed by atoms with Crippen LogP contribution in [0.1, 0.15) is 26.3 Å². The minimum absolute atomic E-state index is 0.541. The normalized spacial score (nSPS) is 14.7. The third-order valence-corrected chi connectivity index (χ3v) is 4.01. The Balaban J connectivity index is 2.48. The van der Waals surface area contributed by atoms with Gasteiger partial charge in [-0.3, -0.25) is 0 Å². The van der Waals surface area contributed by atoms with E-state index in [4.69, 9.17) is 9.47 Å². The molecule has 2 atom stereocenters. The topological polar surface area (TPSA) is 84.9 Å². The van der Waals surface area contributed by atoms with Crippen molar-refractivity contribution in [2.45, 2.75) is 38.0 Å². The summed E-state index contributed by atoms with van der Waals surface area (Å²) in [5.74, 6) is -1.77. The highest BCUT2D eigenvalue weighted by molar-refractivity contribution is 5.94. The van der Waals surface area contributed by atoms with Gasteiger partial charge in [-0.1, -0.05) is 54.6 Å². The first-order valence-corrected chi connectivity index (χ1v) is 9.25. The summed E-state index contributed by atoms with van der Waals surface area (Å²) in [5.41, 5.74) is -1.83. The molecule has 0 unspecified atom stereocenters. The average molecular weight is 397 g/mol. The Hall–Kier alpha value is -3.12. The second-order valence-corrected chi connectivity index (χ2v) is 7.54. The zero-order valence-electron chi connectivity index (χ0n) is 17.1. The zero-order valence-corrected chi connectivity index (χ0v) is 17.1. The molecule has 0 spiro atoms. The van der Waals surface area contributed by atoms with E-state index in [9.17, 15) is 14.7 Å². The average Bonchev–Trinajstić information content (AvgIpc) is 2.69. The van der Waals surface area contributed by atoms with E-state index in [1.54, 1.807) is 63.2 Å². The molecule has 29 heavy (non-hydrogen) atoms. The van der Waals surface area contributed by atoms with Crippen LogP contribution in [0.3, 0.4) is 0 Å². The molecule has 0 fully saturated rings. The maximum absolute atomic E-state index is 13.0. The number of nitrogens with one attached hydrogen (secondary N) is 1. The van der Waals surface area contributed by atoms with Crippen molar-refractivity contribution >= 4 is 23.7 Å². The highest BCUT2D eigenvalue weighted by Crippen LogP contribution is 2.24. The Morgan fingerprint density at radius 2 is 1.55 bits per heavy atom. The van der Waals surface area contributed by atoms with Crippen LogP contribution >= 0.6 is 0 Å². The molecular formula is C23H27NO5. The van der Waals surface area contributed by atoms with E-state index in [0.29, 0.717) is 5.69 Å². The molecular weight excluding hydrogens is 370 g/mol. The summed E-state index contributed by atoms with van der Waals surface area (Å²) in [7, 11) is 1.15. The van der Waals surface area contributed by atoms with Gasteiger partial charge in [0.15, 0.2) is 6.04 Å². The zero-order chi connectivity index (χ0) is 21.5. The van der Waals surface area contributed by atoms with Gasteiger partial charge in [0, 0.05) is 5.69 Å². The Kier molecular flexibility index (Phi) is 7.18. The molecule has 154 valence electrons. The molecule has 2 aromatic rings. The lowest BCUT2D eigenvalue weighted by molar-refractivity contribution is -0.171. The predicted octanol–water partition coefficient (Wildman–Crippen LogP) is 3.43. The second kappa shape index (κ2) is 9.39. The molecule has 0 aliphatic heterocycles. The van der Waals surface area contributed by atoms with E-state index in [0.717, 1.165) is 12.7 Å². The van der Waals surface area contributed by atoms with Gasteiger partial charge in [-0.25, -0.2) is 9.59 Å². The Bertz CT molecular complexity index is 843. The molecule has 0 amide bonds. The summed E-state index contributed by atoms with van der Waals surface area (Å²) in [5, 5.41) is 14.2. The summed E-state index contributed by atoms with van der Waals surface area (Å²) in [4.78, 5) is 25.5. The molecule has 0 saturated carbocycles. The number of rotatable bonds is 7. The maximum atomic E-state index is 13.0. The van der Waals surface area contributed by atoms with Crippen LogP contribution in [0.4, 0.5) is 5.69 Å². The highest BCUT2D eigenvalue weighted by atomic mass is 16.6. The first-order valence-electron chi connectivity index (χ1n) is 9.25. The molecule has 0 saturated heterocycles. The van der Waals surface area contributed by atoms with Crippen LogP contribution in [0.2, 0.25) is 0 Å². The molecule has 0 bridgehead atoms. The summed E-state index contributed by atoms with van der Waals surface area (Å²) >= 11 is 0. The van der Waals surface area contributed by atoms with Crippen LogP contribution in [0.25, 0.3) is 6.08 Å². The van der Waals surface area contributed by atoms with E-state index in [1.165, 1.54) is 6.08 Å². The van der Waals surface area contributed by atoms with E-state index in [1.807, 2.05) is 24.3 Å². The third kappa shape index (κ3) is 6.19. The number of carbonyl (C=O) groups excluding carboxylic acids is 2. The van der Waals surface area contributed by atoms with Gasteiger partial charge in [0.2, 0.25) is 5.60 Å². The van der Waals surface area contributed by atoms with Crippen LogP contribution in [0, 0.1) is 0 Å². The summed E-state index contributed by atoms with van der Waals surface area (Å²) in [6, 6.07) is 16.5. The van der Waals surface area contributed by atoms with E-state index in [2.05, 4.69) is 5.32 Å². The third-order valence-electron chi connectivity index (χ3n) is 4.01. The van der Waals surface area contributed by atoms with E-state index < -0.39 is 29.2 Å². The fourth-order valence-electron chi connectivity index (χ4n) is 2.64. The first-order chi connectivity index (χ1) is 13.7. The van der Waals surface area contributed by atoms with Crippen molar-refractivity contribution in [3.05, 3.63) is 72.3 Å². The van der Waals surface area contributed by atoms with Crippen molar-refractivity contribution in [1.29, 1.82) is 0 Å². The lowest BCUT2D eigenvalue weighted by Gasteiger charge is -2.33. The number of hydrogen-bond acceptors (Lipinski definition) is 6. The van der Waals surface area contributed by atoms with Gasteiger partial charge < -0.3 is 19.9 Å². The van der Waals surface area contributed by atoms with Gasteiger partial charge in [-0.15, -0.1) is 0 Å². The number of ether oxygens (including phenoxy) is 2. The fourth-order valence-corrected chi connectivity index (χ4v) is 2.64. The number of esters is 2. The Labute approximate surface area is 171 Å². The van der Waals surface area contributed by atoms with E-state index >= 15 is 0 Å². The van der Waals surface area contributed by atoms with E-state index in [-0.39, 0.29) is 0 Å². The largest absolute Gasteiger partial charge is 0.467 e. The molecule has 6 heteroatoms. The summed E-state index contributed by atoms with van der Waals surface area (Å²) < 4.78 is 10.3. The minimum Gasteiger partial charge on any atom is -0.467 e. The van der Waals surface area contributed by atoms with Gasteiger partial charge in [-0.2, -0.15) is 0 Å². The number of carbonyl (C=O) groups is 2. The first kappa shape index (κ1) is 22.2. The van der Waals surface area contributed by atoms with Crippen molar-refractivity contribution in [2.75, 3.05) is 12.4 Å². The molecule has 0 aromatic heterocycles. The second-order valence-electron chi connectivity index (χ2n) is 7.54. The molecule has 0 heterocycles. The minimum atomic E-state index is -2.30. The van der Waals surface area contributed by atoms with Crippen molar-refractivity contribution in [1.82, 2.24) is 0 Å². The lowest BCUT2D eigenvalue weighted by Crippen LogP contribution is -2.57. The van der Waals surface area contributed by atoms with Crippen LogP contribution in [0.5, 0.6) is 0 Å². The number of benzene rings is 2. The monoisotopic (exact) mass is 397 g/mol. The maximum Gasteiger partial charge on any atom is 0.344 e. The van der Waals surface area contributed by atoms with Crippen LogP contribution < -0.4 is 5.32 Å². The van der Waals surface area contributed by atoms with Gasteiger partial charge in [-0.05, 0) is 44.5 Å². The van der Waals surface area contributed by atoms with Crippen molar-refractivity contribution in [2.24, 2.45) is 0 Å². The van der Waals surface area contributed by atoms with Crippen LogP contribution in [-0.2, 0) is 19.1 Å². The molecule has 2 rings (SSSR count). The lowest BCUT2D eigenvalue weighted by atomic mass is 9.91. The Morgan fingerprint density at radius 3 is 2.07 bits per heavy atom. The van der Waals surface area contributed by atoms with Crippen molar-refractivity contribution < 1.29 is 24.2 Å². The molecule has 6 nitrogen and oxygen atoms in total. The van der Waals surface area contributed by atoms with Crippen molar-refractivity contribution in [3.8, 4) is 0 Å².